The number of benzene rings is 1. The molecule has 2 rings (SSSR count). The zero-order valence-electron chi connectivity index (χ0n) is 7.79. The van der Waals surface area contributed by atoms with E-state index in [1.807, 2.05) is 24.3 Å². The number of carbonyl (C=O) groups is 1. The molecule has 0 aliphatic carbocycles. The van der Waals surface area contributed by atoms with E-state index in [-0.39, 0.29) is 11.7 Å². The lowest BCUT2D eigenvalue weighted by molar-refractivity contribution is 0.0929. The third-order valence-corrected chi connectivity index (χ3v) is 3.26. The number of Topliss-reactive ketones (excluding diaryl/α,β-unsaturated/α-hetero) is 1. The Kier molecular flexibility index (Phi) is 2.99. The van der Waals surface area contributed by atoms with Crippen LogP contribution in [0.5, 0.6) is 0 Å². The van der Waals surface area contributed by atoms with Gasteiger partial charge in [-0.05, 0) is 19.0 Å². The number of ketones is 1. The third kappa shape index (κ3) is 1.88. The molecule has 0 amide bonds. The van der Waals surface area contributed by atoms with Crippen molar-refractivity contribution in [2.75, 3.05) is 13.1 Å². The molecule has 74 valence electrons. The molecule has 1 aromatic carbocycles. The van der Waals surface area contributed by atoms with Gasteiger partial charge in [-0.15, -0.1) is 0 Å². The lowest BCUT2D eigenvalue weighted by atomic mass is 9.97. The van der Waals surface area contributed by atoms with Crippen molar-refractivity contribution in [3.63, 3.8) is 0 Å². The highest BCUT2D eigenvalue weighted by atomic mass is 79.9. The highest BCUT2D eigenvalue weighted by Gasteiger charge is 2.24. The van der Waals surface area contributed by atoms with Crippen molar-refractivity contribution in [3.8, 4) is 0 Å². The minimum atomic E-state index is 0.161. The van der Waals surface area contributed by atoms with Gasteiger partial charge in [-0.3, -0.25) is 4.79 Å². The van der Waals surface area contributed by atoms with Gasteiger partial charge in [-0.1, -0.05) is 34.1 Å². The molecule has 1 unspecified atom stereocenters. The van der Waals surface area contributed by atoms with Gasteiger partial charge in [-0.2, -0.15) is 0 Å². The van der Waals surface area contributed by atoms with Gasteiger partial charge in [-0.25, -0.2) is 0 Å². The monoisotopic (exact) mass is 253 g/mol. The van der Waals surface area contributed by atoms with E-state index in [4.69, 9.17) is 0 Å². The van der Waals surface area contributed by atoms with Crippen LogP contribution in [0.1, 0.15) is 16.8 Å². The van der Waals surface area contributed by atoms with E-state index in [9.17, 15) is 4.79 Å². The molecular weight excluding hydrogens is 242 g/mol. The van der Waals surface area contributed by atoms with E-state index in [1.54, 1.807) is 0 Å². The van der Waals surface area contributed by atoms with Crippen molar-refractivity contribution < 1.29 is 4.79 Å². The molecule has 1 heterocycles. The Labute approximate surface area is 91.8 Å². The van der Waals surface area contributed by atoms with E-state index in [1.165, 1.54) is 0 Å². The lowest BCUT2D eigenvalue weighted by Crippen LogP contribution is -2.18. The maximum Gasteiger partial charge on any atom is 0.168 e. The first-order chi connectivity index (χ1) is 6.79. The second-order valence-electron chi connectivity index (χ2n) is 3.53. The molecule has 0 aromatic heterocycles. The fraction of sp³-hybridized carbons (Fsp3) is 0.364. The molecule has 2 nitrogen and oxygen atoms in total. The Hall–Kier alpha value is -0.670. The first-order valence-electron chi connectivity index (χ1n) is 4.78. The van der Waals surface area contributed by atoms with Gasteiger partial charge >= 0.3 is 0 Å². The molecule has 1 aliphatic heterocycles. The molecule has 1 N–H and O–H groups in total. The zero-order valence-corrected chi connectivity index (χ0v) is 9.38. The zero-order chi connectivity index (χ0) is 9.97. The summed E-state index contributed by atoms with van der Waals surface area (Å²) in [6, 6.07) is 7.62. The predicted octanol–water partition coefficient (Wildman–Crippen LogP) is 2.24. The smallest absolute Gasteiger partial charge is 0.168 e. The first-order valence-corrected chi connectivity index (χ1v) is 5.58. The standard InChI is InChI=1S/C11H12BrNO/c12-10-4-2-1-3-9(10)11(14)8-5-6-13-7-8/h1-4,8,13H,5-7H2. The summed E-state index contributed by atoms with van der Waals surface area (Å²) in [5.74, 6) is 0.413. The quantitative estimate of drug-likeness (QED) is 0.820. The van der Waals surface area contributed by atoms with E-state index < -0.39 is 0 Å². The topological polar surface area (TPSA) is 29.1 Å². The second kappa shape index (κ2) is 4.24. The predicted molar refractivity (Wildman–Crippen MR) is 59.4 cm³/mol. The summed E-state index contributed by atoms with van der Waals surface area (Å²) in [4.78, 5) is 12.0. The number of halogens is 1. The summed E-state index contributed by atoms with van der Waals surface area (Å²) >= 11 is 3.40. The molecule has 0 radical (unpaired) electrons. The van der Waals surface area contributed by atoms with Crippen molar-refractivity contribution in [1.82, 2.24) is 5.32 Å². The van der Waals surface area contributed by atoms with Crippen LogP contribution in [-0.4, -0.2) is 18.9 Å². The Morgan fingerprint density at radius 1 is 1.43 bits per heavy atom. The van der Waals surface area contributed by atoms with Gasteiger partial charge in [0.15, 0.2) is 5.78 Å². The molecule has 0 saturated carbocycles. The maximum absolute atomic E-state index is 12.0. The van der Waals surface area contributed by atoms with Gasteiger partial charge in [0, 0.05) is 22.5 Å². The Balaban J connectivity index is 2.22. The van der Waals surface area contributed by atoms with E-state index in [0.717, 1.165) is 29.5 Å². The van der Waals surface area contributed by atoms with E-state index in [0.29, 0.717) is 0 Å². The van der Waals surface area contributed by atoms with Crippen molar-refractivity contribution in [1.29, 1.82) is 0 Å². The summed E-state index contributed by atoms with van der Waals surface area (Å²) < 4.78 is 0.900. The lowest BCUT2D eigenvalue weighted by Gasteiger charge is -2.08. The Morgan fingerprint density at radius 3 is 2.86 bits per heavy atom. The van der Waals surface area contributed by atoms with Crippen LogP contribution in [0.3, 0.4) is 0 Å². The molecule has 3 heteroatoms. The minimum Gasteiger partial charge on any atom is -0.316 e. The van der Waals surface area contributed by atoms with Crippen molar-refractivity contribution in [3.05, 3.63) is 34.3 Å². The van der Waals surface area contributed by atoms with Crippen LogP contribution in [0.4, 0.5) is 0 Å². The van der Waals surface area contributed by atoms with Crippen LogP contribution >= 0.6 is 15.9 Å². The highest BCUT2D eigenvalue weighted by Crippen LogP contribution is 2.22. The van der Waals surface area contributed by atoms with Gasteiger partial charge < -0.3 is 5.32 Å². The normalized spacial score (nSPS) is 21.1. The summed E-state index contributed by atoms with van der Waals surface area (Å²) in [5.41, 5.74) is 0.807. The highest BCUT2D eigenvalue weighted by molar-refractivity contribution is 9.10. The average Bonchev–Trinajstić information content (AvgIpc) is 2.70. The minimum absolute atomic E-state index is 0.161. The first kappa shape index (κ1) is 9.87. The molecule has 1 saturated heterocycles. The molecule has 14 heavy (non-hydrogen) atoms. The van der Waals surface area contributed by atoms with Crippen LogP contribution in [0.15, 0.2) is 28.7 Å². The maximum atomic E-state index is 12.0. The van der Waals surface area contributed by atoms with Crippen LogP contribution in [0, 0.1) is 5.92 Å². The Morgan fingerprint density at radius 2 is 2.21 bits per heavy atom. The van der Waals surface area contributed by atoms with E-state index in [2.05, 4.69) is 21.2 Å². The fourth-order valence-electron chi connectivity index (χ4n) is 1.76. The number of hydrogen-bond acceptors (Lipinski definition) is 2. The van der Waals surface area contributed by atoms with Crippen LogP contribution in [-0.2, 0) is 0 Å². The van der Waals surface area contributed by atoms with Crippen LogP contribution in [0.2, 0.25) is 0 Å². The van der Waals surface area contributed by atoms with Gasteiger partial charge in [0.25, 0.3) is 0 Å². The molecule has 0 bridgehead atoms. The molecule has 1 atom stereocenters. The number of hydrogen-bond donors (Lipinski definition) is 1. The van der Waals surface area contributed by atoms with Gasteiger partial charge in [0.1, 0.15) is 0 Å². The fourth-order valence-corrected chi connectivity index (χ4v) is 2.24. The van der Waals surface area contributed by atoms with Crippen molar-refractivity contribution in [2.24, 2.45) is 5.92 Å². The third-order valence-electron chi connectivity index (χ3n) is 2.57. The SMILES string of the molecule is O=C(c1ccccc1Br)C1CCNC1. The number of carbonyl (C=O) groups excluding carboxylic acids is 1. The largest absolute Gasteiger partial charge is 0.316 e. The Bertz CT molecular complexity index is 345. The summed E-state index contributed by atoms with van der Waals surface area (Å²) in [7, 11) is 0. The molecule has 1 fully saturated rings. The number of rotatable bonds is 2. The summed E-state index contributed by atoms with van der Waals surface area (Å²) in [6.45, 7) is 1.78. The second-order valence-corrected chi connectivity index (χ2v) is 4.39. The molecule has 0 spiro atoms. The summed E-state index contributed by atoms with van der Waals surface area (Å²) in [5, 5.41) is 3.21. The number of nitrogens with one attached hydrogen (secondary N) is 1. The molecular formula is C11H12BrNO. The van der Waals surface area contributed by atoms with Crippen molar-refractivity contribution >= 4 is 21.7 Å². The van der Waals surface area contributed by atoms with E-state index >= 15 is 0 Å². The van der Waals surface area contributed by atoms with Crippen molar-refractivity contribution in [2.45, 2.75) is 6.42 Å². The molecule has 1 aromatic rings. The van der Waals surface area contributed by atoms with Gasteiger partial charge in [0.2, 0.25) is 0 Å². The summed E-state index contributed by atoms with van der Waals surface area (Å²) in [6.07, 6.45) is 0.958. The average molecular weight is 254 g/mol. The molecule has 1 aliphatic rings. The van der Waals surface area contributed by atoms with Crippen LogP contribution in [0.25, 0.3) is 0 Å². The van der Waals surface area contributed by atoms with Gasteiger partial charge in [0.05, 0.1) is 0 Å². The van der Waals surface area contributed by atoms with Crippen LogP contribution < -0.4 is 5.32 Å².